The first-order chi connectivity index (χ1) is 15.3. The number of nitrogens with two attached hydrogens (primary N) is 1. The van der Waals surface area contributed by atoms with Gasteiger partial charge in [0, 0.05) is 59.5 Å². The maximum Gasteiger partial charge on any atom is 0.336 e. The van der Waals surface area contributed by atoms with Crippen LogP contribution in [-0.2, 0) is 0 Å². The molecule has 2 atom stereocenters. The quantitative estimate of drug-likeness (QED) is 0.331. The first kappa shape index (κ1) is 21.7. The summed E-state index contributed by atoms with van der Waals surface area (Å²) in [4.78, 5) is 26.9. The molecule has 2 aromatic heterocycles. The molecule has 2 heterocycles. The molecule has 0 saturated heterocycles. The Kier molecular flexibility index (Phi) is 5.78. The molecule has 4 aromatic rings. The van der Waals surface area contributed by atoms with Gasteiger partial charge in [-0.1, -0.05) is 13.8 Å². The summed E-state index contributed by atoms with van der Waals surface area (Å²) >= 11 is 0. The Morgan fingerprint density at radius 3 is 1.81 bits per heavy atom. The van der Waals surface area contributed by atoms with Gasteiger partial charge in [0.15, 0.2) is 0 Å². The average molecular weight is 433 g/mol. The summed E-state index contributed by atoms with van der Waals surface area (Å²) in [5.41, 5.74) is 9.43. The van der Waals surface area contributed by atoms with Gasteiger partial charge in [-0.25, -0.2) is 9.59 Å². The first-order valence-corrected chi connectivity index (χ1v) is 11.0. The highest BCUT2D eigenvalue weighted by atomic mass is 16.4. The highest BCUT2D eigenvalue weighted by molar-refractivity contribution is 5.86. The van der Waals surface area contributed by atoms with Crippen molar-refractivity contribution in [3.8, 4) is 0 Å². The molecular weight excluding hydrogens is 404 g/mol. The molecule has 0 aliphatic rings. The van der Waals surface area contributed by atoms with Gasteiger partial charge in [-0.15, -0.1) is 0 Å². The molecule has 0 radical (unpaired) electrons. The van der Waals surface area contributed by atoms with E-state index in [1.165, 1.54) is 6.07 Å². The van der Waals surface area contributed by atoms with Crippen LogP contribution in [0.3, 0.4) is 0 Å². The molecular formula is C26H28N2O4. The van der Waals surface area contributed by atoms with E-state index < -0.39 is 5.63 Å². The van der Waals surface area contributed by atoms with Gasteiger partial charge in [-0.3, -0.25) is 0 Å². The molecule has 6 nitrogen and oxygen atoms in total. The fourth-order valence-corrected chi connectivity index (χ4v) is 4.46. The highest BCUT2D eigenvalue weighted by Crippen LogP contribution is 2.38. The van der Waals surface area contributed by atoms with Crippen molar-refractivity contribution in [2.75, 3.05) is 23.7 Å². The Morgan fingerprint density at radius 1 is 0.781 bits per heavy atom. The standard InChI is InChI=1S/C26H28N2O4/c1-5-28(6-2)18-8-10-20-22(14-26(30)32-24(20)12-18)16(4)15(3)21-13-25(29)31-23-11-17(27)7-9-19(21)23/h7-16H,5-6,27H2,1-4H3. The van der Waals surface area contributed by atoms with Crippen molar-refractivity contribution in [2.45, 2.75) is 39.5 Å². The lowest BCUT2D eigenvalue weighted by molar-refractivity contribution is 0.543. The van der Waals surface area contributed by atoms with Gasteiger partial charge in [0.1, 0.15) is 11.2 Å². The smallest absolute Gasteiger partial charge is 0.336 e. The third-order valence-corrected chi connectivity index (χ3v) is 6.42. The number of anilines is 2. The Labute approximate surface area is 186 Å². The van der Waals surface area contributed by atoms with Gasteiger partial charge in [-0.2, -0.15) is 0 Å². The number of rotatable bonds is 6. The summed E-state index contributed by atoms with van der Waals surface area (Å²) in [5.74, 6) is -0.110. The minimum absolute atomic E-state index is 0.0524. The zero-order valence-corrected chi connectivity index (χ0v) is 18.8. The maximum absolute atomic E-state index is 12.4. The summed E-state index contributed by atoms with van der Waals surface area (Å²) < 4.78 is 10.9. The highest BCUT2D eigenvalue weighted by Gasteiger charge is 2.23. The zero-order valence-electron chi connectivity index (χ0n) is 18.8. The molecule has 2 unspecified atom stereocenters. The van der Waals surface area contributed by atoms with E-state index in [1.54, 1.807) is 18.2 Å². The molecule has 166 valence electrons. The van der Waals surface area contributed by atoms with Crippen LogP contribution >= 0.6 is 0 Å². The lowest BCUT2D eigenvalue weighted by Gasteiger charge is -2.24. The molecule has 4 rings (SSSR count). The Hall–Kier alpha value is -3.54. The van der Waals surface area contributed by atoms with E-state index in [0.29, 0.717) is 16.9 Å². The topological polar surface area (TPSA) is 89.7 Å². The summed E-state index contributed by atoms with van der Waals surface area (Å²) in [6, 6.07) is 14.4. The number of benzene rings is 2. The maximum atomic E-state index is 12.4. The van der Waals surface area contributed by atoms with Crippen LogP contribution in [0.5, 0.6) is 0 Å². The van der Waals surface area contributed by atoms with Gasteiger partial charge >= 0.3 is 11.3 Å². The molecule has 0 fully saturated rings. The van der Waals surface area contributed by atoms with E-state index in [-0.39, 0.29) is 17.5 Å². The SMILES string of the molecule is CCN(CC)c1ccc2c(C(C)C(C)c3cc(=O)oc4cc(N)ccc34)cc(=O)oc2c1. The van der Waals surface area contributed by atoms with Crippen molar-refractivity contribution in [3.05, 3.63) is 80.5 Å². The number of nitrogens with zero attached hydrogens (tertiary/aromatic N) is 1. The van der Waals surface area contributed by atoms with Crippen molar-refractivity contribution in [2.24, 2.45) is 0 Å². The lowest BCUT2D eigenvalue weighted by Crippen LogP contribution is -2.21. The van der Waals surface area contributed by atoms with E-state index in [9.17, 15) is 9.59 Å². The summed E-state index contributed by atoms with van der Waals surface area (Å²) in [5, 5.41) is 1.74. The predicted molar refractivity (Wildman–Crippen MR) is 130 cm³/mol. The molecule has 0 aliphatic carbocycles. The van der Waals surface area contributed by atoms with Crippen molar-refractivity contribution in [1.29, 1.82) is 0 Å². The normalized spacial score (nSPS) is 13.4. The van der Waals surface area contributed by atoms with Crippen molar-refractivity contribution in [1.82, 2.24) is 0 Å². The molecule has 2 N–H and O–H groups in total. The molecule has 0 aliphatic heterocycles. The first-order valence-electron chi connectivity index (χ1n) is 11.0. The molecule has 2 aromatic carbocycles. The zero-order chi connectivity index (χ0) is 23.0. The largest absolute Gasteiger partial charge is 0.423 e. The fourth-order valence-electron chi connectivity index (χ4n) is 4.46. The number of nitrogen functional groups attached to an aromatic ring is 1. The van der Waals surface area contributed by atoms with E-state index >= 15 is 0 Å². The monoisotopic (exact) mass is 432 g/mol. The second kappa shape index (κ2) is 8.54. The van der Waals surface area contributed by atoms with Crippen LogP contribution in [0.1, 0.15) is 50.7 Å². The molecule has 32 heavy (non-hydrogen) atoms. The lowest BCUT2D eigenvalue weighted by atomic mass is 9.82. The van der Waals surface area contributed by atoms with Crippen LogP contribution in [0, 0.1) is 0 Å². The van der Waals surface area contributed by atoms with Crippen molar-refractivity contribution >= 4 is 33.3 Å². The van der Waals surface area contributed by atoms with Gasteiger partial charge in [0.05, 0.1) is 0 Å². The average Bonchev–Trinajstić information content (AvgIpc) is 2.77. The molecule has 0 bridgehead atoms. The van der Waals surface area contributed by atoms with Gasteiger partial charge in [-0.05, 0) is 61.1 Å². The Bertz CT molecular complexity index is 1400. The van der Waals surface area contributed by atoms with Crippen LogP contribution in [0.4, 0.5) is 11.4 Å². The van der Waals surface area contributed by atoms with Crippen LogP contribution in [-0.4, -0.2) is 13.1 Å². The summed E-state index contributed by atoms with van der Waals surface area (Å²) in [6.07, 6.45) is 0. The van der Waals surface area contributed by atoms with E-state index in [1.807, 2.05) is 18.2 Å². The van der Waals surface area contributed by atoms with E-state index in [2.05, 4.69) is 38.7 Å². The van der Waals surface area contributed by atoms with Gasteiger partial charge < -0.3 is 19.5 Å². The number of fused-ring (bicyclic) bond motifs is 2. The van der Waals surface area contributed by atoms with Gasteiger partial charge in [0.2, 0.25) is 0 Å². The number of hydrogen-bond acceptors (Lipinski definition) is 6. The molecule has 0 spiro atoms. The third-order valence-electron chi connectivity index (χ3n) is 6.42. The third kappa shape index (κ3) is 3.88. The molecule has 0 amide bonds. The fraction of sp³-hybridized carbons (Fsp3) is 0.308. The molecule has 0 saturated carbocycles. The second-order valence-corrected chi connectivity index (χ2v) is 8.23. The Balaban J connectivity index is 1.83. The van der Waals surface area contributed by atoms with Crippen LogP contribution in [0.25, 0.3) is 21.9 Å². The van der Waals surface area contributed by atoms with Crippen LogP contribution < -0.4 is 21.9 Å². The predicted octanol–water partition coefficient (Wildman–Crippen LogP) is 5.24. The Morgan fingerprint density at radius 2 is 1.28 bits per heavy atom. The molecule has 6 heteroatoms. The minimum Gasteiger partial charge on any atom is -0.423 e. The van der Waals surface area contributed by atoms with Crippen molar-refractivity contribution in [3.63, 3.8) is 0 Å². The second-order valence-electron chi connectivity index (χ2n) is 8.23. The number of hydrogen-bond donors (Lipinski definition) is 1. The van der Waals surface area contributed by atoms with Crippen LogP contribution in [0.2, 0.25) is 0 Å². The van der Waals surface area contributed by atoms with Crippen LogP contribution in [0.15, 0.2) is 67.0 Å². The van der Waals surface area contributed by atoms with Crippen molar-refractivity contribution < 1.29 is 8.83 Å². The summed E-state index contributed by atoms with van der Waals surface area (Å²) in [7, 11) is 0. The summed E-state index contributed by atoms with van der Waals surface area (Å²) in [6.45, 7) is 10.0. The minimum atomic E-state index is -0.418. The van der Waals surface area contributed by atoms with E-state index in [0.717, 1.165) is 40.7 Å². The van der Waals surface area contributed by atoms with E-state index in [4.69, 9.17) is 14.6 Å². The van der Waals surface area contributed by atoms with Gasteiger partial charge in [0.25, 0.3) is 0 Å².